The summed E-state index contributed by atoms with van der Waals surface area (Å²) in [5, 5.41) is 22.8. The number of nitrogens with zero attached hydrogens (tertiary/aromatic N) is 6. The predicted octanol–water partition coefficient (Wildman–Crippen LogP) is 3.29. The van der Waals surface area contributed by atoms with E-state index < -0.39 is 24.3 Å². The van der Waals surface area contributed by atoms with Crippen LogP contribution < -0.4 is 15.0 Å². The molecule has 12 heteroatoms. The number of alkyl halides is 1. The highest BCUT2D eigenvalue weighted by Crippen LogP contribution is 2.32. The maximum absolute atomic E-state index is 15.0. The van der Waals surface area contributed by atoms with Crippen LogP contribution in [0.2, 0.25) is 0 Å². The third-order valence-corrected chi connectivity index (χ3v) is 8.68. The van der Waals surface area contributed by atoms with Gasteiger partial charge in [-0.2, -0.15) is 5.26 Å². The van der Waals surface area contributed by atoms with Gasteiger partial charge in [0.15, 0.2) is 12.0 Å². The number of anilines is 3. The van der Waals surface area contributed by atoms with E-state index in [9.17, 15) is 19.6 Å². The molecule has 3 aliphatic heterocycles. The Morgan fingerprint density at radius 1 is 1.16 bits per heavy atom. The van der Waals surface area contributed by atoms with Gasteiger partial charge in [-0.05, 0) is 61.9 Å². The van der Waals surface area contributed by atoms with Crippen LogP contribution in [-0.2, 0) is 9.53 Å². The minimum atomic E-state index is -1.45. The van der Waals surface area contributed by atoms with Crippen molar-refractivity contribution in [1.82, 2.24) is 19.8 Å². The van der Waals surface area contributed by atoms with E-state index in [1.807, 2.05) is 18.2 Å². The van der Waals surface area contributed by atoms with Crippen molar-refractivity contribution in [3.63, 3.8) is 0 Å². The number of hydrogen-bond acceptors (Lipinski definition) is 10. The standard InChI is InChI=1S/C33H38FN7O4/c1-21-15-23(16-24(17-35)31(21)45-29-8-10-41(18-28(29)34)33(43)22(2)42)32-36-9-7-30(38-32)37-25-3-5-26(6-4-25)39-11-13-40(14-12-39)27-19-44-20-27/h3-7,9,15-16,22,27-29,42H,8,10-14,18-20H2,1-2H3,(H,36,37,38)/t22-,28+,29-/m0/s1. The van der Waals surface area contributed by atoms with Gasteiger partial charge in [0.05, 0.1) is 31.4 Å². The summed E-state index contributed by atoms with van der Waals surface area (Å²) >= 11 is 0. The molecule has 0 aliphatic carbocycles. The summed E-state index contributed by atoms with van der Waals surface area (Å²) in [4.78, 5) is 27.4. The number of ether oxygens (including phenoxy) is 2. The molecule has 236 valence electrons. The summed E-state index contributed by atoms with van der Waals surface area (Å²) in [7, 11) is 0. The molecular formula is C33H38FN7O4. The van der Waals surface area contributed by atoms with Crippen LogP contribution in [0.1, 0.15) is 24.5 Å². The number of amides is 1. The van der Waals surface area contributed by atoms with Gasteiger partial charge in [0.25, 0.3) is 5.91 Å². The highest BCUT2D eigenvalue weighted by Gasteiger charge is 2.35. The van der Waals surface area contributed by atoms with E-state index in [0.29, 0.717) is 34.6 Å². The van der Waals surface area contributed by atoms with E-state index in [1.165, 1.54) is 17.5 Å². The Labute approximate surface area is 262 Å². The molecule has 45 heavy (non-hydrogen) atoms. The molecule has 1 amide bonds. The van der Waals surface area contributed by atoms with Crippen LogP contribution in [0.15, 0.2) is 48.7 Å². The average molecular weight is 616 g/mol. The van der Waals surface area contributed by atoms with Gasteiger partial charge in [0.1, 0.15) is 29.8 Å². The lowest BCUT2D eigenvalue weighted by atomic mass is 10.0. The number of nitrogens with one attached hydrogen (secondary N) is 1. The van der Waals surface area contributed by atoms with Crippen molar-refractivity contribution in [2.75, 3.05) is 62.7 Å². The zero-order chi connectivity index (χ0) is 31.5. The summed E-state index contributed by atoms with van der Waals surface area (Å²) in [5.41, 5.74) is 3.62. The Morgan fingerprint density at radius 3 is 2.56 bits per heavy atom. The number of halogens is 1. The van der Waals surface area contributed by atoms with Gasteiger partial charge in [-0.15, -0.1) is 0 Å². The molecule has 0 radical (unpaired) electrons. The first kappa shape index (κ1) is 30.7. The van der Waals surface area contributed by atoms with Crippen molar-refractivity contribution in [1.29, 1.82) is 5.26 Å². The number of benzene rings is 2. The topological polar surface area (TPSA) is 127 Å². The van der Waals surface area contributed by atoms with Crippen molar-refractivity contribution in [2.45, 2.75) is 44.7 Å². The highest BCUT2D eigenvalue weighted by molar-refractivity contribution is 5.80. The average Bonchev–Trinajstić information content (AvgIpc) is 3.02. The Balaban J connectivity index is 1.10. The van der Waals surface area contributed by atoms with Gasteiger partial charge in [-0.1, -0.05) is 0 Å². The fourth-order valence-electron chi connectivity index (χ4n) is 6.02. The lowest BCUT2D eigenvalue weighted by molar-refractivity contribution is -0.143. The number of nitriles is 1. The van der Waals surface area contributed by atoms with E-state index in [2.05, 4.69) is 43.3 Å². The van der Waals surface area contributed by atoms with Gasteiger partial charge in [0, 0.05) is 62.3 Å². The maximum atomic E-state index is 15.0. The Bertz CT molecular complexity index is 1550. The molecule has 0 bridgehead atoms. The summed E-state index contributed by atoms with van der Waals surface area (Å²) in [6.45, 7) is 9.02. The van der Waals surface area contributed by atoms with Gasteiger partial charge in [0.2, 0.25) is 0 Å². The quantitative estimate of drug-likeness (QED) is 0.390. The summed E-state index contributed by atoms with van der Waals surface area (Å²) in [6, 6.07) is 16.3. The summed E-state index contributed by atoms with van der Waals surface area (Å²) < 4.78 is 26.4. The zero-order valence-corrected chi connectivity index (χ0v) is 25.5. The molecule has 3 fully saturated rings. The Morgan fingerprint density at radius 2 is 1.91 bits per heavy atom. The molecule has 11 nitrogen and oxygen atoms in total. The third kappa shape index (κ3) is 6.86. The first-order chi connectivity index (χ1) is 21.8. The smallest absolute Gasteiger partial charge is 0.251 e. The molecule has 4 heterocycles. The molecular weight excluding hydrogens is 577 g/mol. The second kappa shape index (κ2) is 13.4. The van der Waals surface area contributed by atoms with E-state index in [-0.39, 0.29) is 25.1 Å². The normalized spacial score (nSPS) is 21.5. The molecule has 3 aromatic rings. The van der Waals surface area contributed by atoms with Crippen molar-refractivity contribution in [3.05, 3.63) is 59.8 Å². The molecule has 2 aromatic carbocycles. The molecule has 0 spiro atoms. The van der Waals surface area contributed by atoms with Crippen LogP contribution in [0.5, 0.6) is 5.75 Å². The monoisotopic (exact) mass is 615 g/mol. The summed E-state index contributed by atoms with van der Waals surface area (Å²) in [5.74, 6) is 0.842. The van der Waals surface area contributed by atoms with Crippen LogP contribution in [0.3, 0.4) is 0 Å². The van der Waals surface area contributed by atoms with Crippen molar-refractivity contribution >= 4 is 23.1 Å². The number of carbonyl (C=O) groups is 1. The van der Waals surface area contributed by atoms with Gasteiger partial charge in [-0.3, -0.25) is 9.69 Å². The number of aromatic nitrogens is 2. The number of rotatable bonds is 8. The first-order valence-corrected chi connectivity index (χ1v) is 15.4. The number of hydrogen-bond donors (Lipinski definition) is 2. The third-order valence-electron chi connectivity index (χ3n) is 8.68. The van der Waals surface area contributed by atoms with Gasteiger partial charge >= 0.3 is 0 Å². The molecule has 3 atom stereocenters. The fraction of sp³-hybridized carbons (Fsp3) is 0.455. The molecule has 0 unspecified atom stereocenters. The number of piperidine rings is 1. The minimum absolute atomic E-state index is 0.169. The number of aliphatic hydroxyl groups is 1. The number of likely N-dealkylation sites (tertiary alicyclic amines) is 1. The van der Waals surface area contributed by atoms with Crippen molar-refractivity contribution in [3.8, 4) is 23.2 Å². The number of aryl methyl sites for hydroxylation is 1. The van der Waals surface area contributed by atoms with Crippen molar-refractivity contribution in [2.24, 2.45) is 0 Å². The molecule has 2 N–H and O–H groups in total. The Kier molecular flexibility index (Phi) is 9.11. The van der Waals surface area contributed by atoms with Gasteiger partial charge in [-0.25, -0.2) is 14.4 Å². The van der Waals surface area contributed by atoms with Crippen LogP contribution in [0.4, 0.5) is 21.6 Å². The minimum Gasteiger partial charge on any atom is -0.486 e. The highest BCUT2D eigenvalue weighted by atomic mass is 19.1. The van der Waals surface area contributed by atoms with Crippen molar-refractivity contribution < 1.29 is 23.8 Å². The maximum Gasteiger partial charge on any atom is 0.251 e. The van der Waals surface area contributed by atoms with E-state index in [1.54, 1.807) is 25.3 Å². The van der Waals surface area contributed by atoms with E-state index in [4.69, 9.17) is 9.47 Å². The summed E-state index contributed by atoms with van der Waals surface area (Å²) in [6.07, 6.45) is -1.55. The van der Waals surface area contributed by atoms with E-state index in [0.717, 1.165) is 45.1 Å². The largest absolute Gasteiger partial charge is 0.486 e. The molecule has 3 aliphatic rings. The lowest BCUT2D eigenvalue weighted by Gasteiger charge is -2.43. The molecule has 6 rings (SSSR count). The van der Waals surface area contributed by atoms with Gasteiger partial charge < -0.3 is 29.7 Å². The van der Waals surface area contributed by atoms with Crippen LogP contribution in [0.25, 0.3) is 11.4 Å². The SMILES string of the molecule is Cc1cc(-c2nccc(Nc3ccc(N4CCN(C5COC5)CC4)cc3)n2)cc(C#N)c1O[C@H]1CCN(C(=O)[C@H](C)O)C[C@H]1F. The van der Waals surface area contributed by atoms with Crippen LogP contribution in [0, 0.1) is 18.3 Å². The fourth-order valence-corrected chi connectivity index (χ4v) is 6.02. The predicted molar refractivity (Wildman–Crippen MR) is 167 cm³/mol. The van der Waals surface area contributed by atoms with Crippen LogP contribution >= 0.6 is 0 Å². The second-order valence-electron chi connectivity index (χ2n) is 11.9. The molecule has 0 saturated carbocycles. The van der Waals surface area contributed by atoms with E-state index >= 15 is 0 Å². The van der Waals surface area contributed by atoms with Crippen LogP contribution in [-0.4, -0.2) is 108 Å². The molecule has 3 saturated heterocycles. The second-order valence-corrected chi connectivity index (χ2v) is 11.9. The lowest BCUT2D eigenvalue weighted by Crippen LogP contribution is -2.56. The number of aliphatic hydroxyl groups excluding tert-OH is 1. The molecule has 1 aromatic heterocycles. The number of piperazine rings is 1. The zero-order valence-electron chi connectivity index (χ0n) is 25.5. The first-order valence-electron chi connectivity index (χ1n) is 15.4. The number of carbonyl (C=O) groups excluding carboxylic acids is 1. The Hall–Kier alpha value is -4.31.